The van der Waals surface area contributed by atoms with E-state index >= 15 is 0 Å². The second kappa shape index (κ2) is 7.72. The molecule has 124 valence electrons. The number of aromatic nitrogens is 3. The molecule has 0 radical (unpaired) electrons. The van der Waals surface area contributed by atoms with Crippen LogP contribution in [-0.4, -0.2) is 29.0 Å². The number of thioether (sulfide) groups is 1. The number of methoxy groups -OCH3 is 2. The Labute approximate surface area is 153 Å². The Kier molecular flexibility index (Phi) is 5.42. The average Bonchev–Trinajstić information content (AvgIpc) is 3.09. The lowest BCUT2D eigenvalue weighted by atomic mass is 10.2. The van der Waals surface area contributed by atoms with E-state index in [0.717, 1.165) is 32.4 Å². The summed E-state index contributed by atoms with van der Waals surface area (Å²) in [6.45, 7) is 0. The zero-order chi connectivity index (χ0) is 16.9. The lowest BCUT2D eigenvalue weighted by molar-refractivity contribution is 0.398. The van der Waals surface area contributed by atoms with Gasteiger partial charge in [-0.05, 0) is 40.2 Å². The summed E-state index contributed by atoms with van der Waals surface area (Å²) in [5, 5.41) is 9.07. The van der Waals surface area contributed by atoms with Crippen molar-refractivity contribution in [2.24, 2.45) is 0 Å². The van der Waals surface area contributed by atoms with Crippen LogP contribution < -0.4 is 9.47 Å². The Balaban J connectivity index is 1.84. The van der Waals surface area contributed by atoms with E-state index in [1.807, 2.05) is 47.0 Å². The maximum atomic E-state index is 5.47. The highest BCUT2D eigenvalue weighted by molar-refractivity contribution is 9.10. The first-order valence-corrected chi connectivity index (χ1v) is 8.99. The minimum absolute atomic E-state index is 0.693. The molecular formula is C17H16BrN3O2S. The van der Waals surface area contributed by atoms with Gasteiger partial charge in [0.05, 0.1) is 18.7 Å². The minimum Gasteiger partial charge on any atom is -0.496 e. The number of hydrogen-bond acceptors (Lipinski definition) is 5. The Bertz CT molecular complexity index is 824. The summed E-state index contributed by atoms with van der Waals surface area (Å²) >= 11 is 5.07. The third kappa shape index (κ3) is 3.57. The maximum absolute atomic E-state index is 5.47. The Hall–Kier alpha value is -1.99. The fraction of sp³-hybridized carbons (Fsp3) is 0.176. The van der Waals surface area contributed by atoms with Gasteiger partial charge in [-0.15, -0.1) is 10.2 Å². The number of hydrogen-bond donors (Lipinski definition) is 0. The van der Waals surface area contributed by atoms with Gasteiger partial charge in [0.25, 0.3) is 0 Å². The molecule has 0 aliphatic heterocycles. The van der Waals surface area contributed by atoms with Crippen molar-refractivity contribution in [1.82, 2.24) is 14.8 Å². The molecule has 1 heterocycles. The van der Waals surface area contributed by atoms with Gasteiger partial charge in [-0.25, -0.2) is 0 Å². The molecular weight excluding hydrogens is 390 g/mol. The fourth-order valence-electron chi connectivity index (χ4n) is 2.27. The van der Waals surface area contributed by atoms with Crippen LogP contribution in [0, 0.1) is 0 Å². The van der Waals surface area contributed by atoms with Crippen molar-refractivity contribution >= 4 is 27.7 Å². The quantitative estimate of drug-likeness (QED) is 0.570. The normalized spacial score (nSPS) is 10.6. The molecule has 5 nitrogen and oxygen atoms in total. The third-order valence-corrected chi connectivity index (χ3v) is 5.07. The van der Waals surface area contributed by atoms with Crippen molar-refractivity contribution in [3.63, 3.8) is 0 Å². The molecule has 0 fully saturated rings. The monoisotopic (exact) mass is 405 g/mol. The second-order valence-electron chi connectivity index (χ2n) is 4.91. The van der Waals surface area contributed by atoms with Crippen LogP contribution >= 0.6 is 27.7 Å². The molecule has 0 saturated carbocycles. The molecule has 7 heteroatoms. The second-order valence-corrected chi connectivity index (χ2v) is 6.70. The molecule has 2 aromatic carbocycles. The van der Waals surface area contributed by atoms with E-state index in [1.54, 1.807) is 32.3 Å². The molecule has 3 aromatic rings. The van der Waals surface area contributed by atoms with Crippen LogP contribution in [0.2, 0.25) is 0 Å². The number of halogens is 1. The van der Waals surface area contributed by atoms with E-state index in [-0.39, 0.29) is 0 Å². The topological polar surface area (TPSA) is 49.2 Å². The van der Waals surface area contributed by atoms with Gasteiger partial charge < -0.3 is 9.47 Å². The van der Waals surface area contributed by atoms with Gasteiger partial charge in [0.2, 0.25) is 0 Å². The Morgan fingerprint density at radius 1 is 1.08 bits per heavy atom. The molecule has 0 amide bonds. The van der Waals surface area contributed by atoms with Crippen LogP contribution in [0.1, 0.15) is 5.56 Å². The predicted molar refractivity (Wildman–Crippen MR) is 98.2 cm³/mol. The standard InChI is InChI=1S/C17H16BrN3O2S/c1-22-15-9-14(18)16(23-2)8-12(15)10-24-17-20-19-11-21(17)13-6-4-3-5-7-13/h3-9,11H,10H2,1-2H3. The van der Waals surface area contributed by atoms with E-state index in [2.05, 4.69) is 26.1 Å². The highest BCUT2D eigenvalue weighted by Crippen LogP contribution is 2.35. The van der Waals surface area contributed by atoms with Gasteiger partial charge in [-0.3, -0.25) is 4.57 Å². The summed E-state index contributed by atoms with van der Waals surface area (Å²) in [6, 6.07) is 13.9. The Morgan fingerprint density at radius 2 is 1.83 bits per heavy atom. The molecule has 3 rings (SSSR count). The van der Waals surface area contributed by atoms with E-state index < -0.39 is 0 Å². The first-order chi connectivity index (χ1) is 11.7. The number of ether oxygens (including phenoxy) is 2. The fourth-order valence-corrected chi connectivity index (χ4v) is 3.66. The molecule has 1 aromatic heterocycles. The summed E-state index contributed by atoms with van der Waals surface area (Å²) in [5.74, 6) is 2.27. The lowest BCUT2D eigenvalue weighted by Crippen LogP contribution is -1.97. The molecule has 0 aliphatic rings. The van der Waals surface area contributed by atoms with Crippen LogP contribution in [0.15, 0.2) is 58.4 Å². The van der Waals surface area contributed by atoms with Crippen molar-refractivity contribution < 1.29 is 9.47 Å². The zero-order valence-electron chi connectivity index (χ0n) is 13.3. The summed E-state index contributed by atoms with van der Waals surface area (Å²) in [5.41, 5.74) is 2.07. The molecule has 0 atom stereocenters. The summed E-state index contributed by atoms with van der Waals surface area (Å²) in [7, 11) is 3.31. The van der Waals surface area contributed by atoms with Crippen LogP contribution in [-0.2, 0) is 5.75 Å². The van der Waals surface area contributed by atoms with Crippen LogP contribution in [0.25, 0.3) is 5.69 Å². The largest absolute Gasteiger partial charge is 0.496 e. The molecule has 0 unspecified atom stereocenters. The van der Waals surface area contributed by atoms with Gasteiger partial charge in [0.1, 0.15) is 17.8 Å². The predicted octanol–water partition coefficient (Wildman–Crippen LogP) is 4.34. The molecule has 0 aliphatic carbocycles. The third-order valence-electron chi connectivity index (χ3n) is 3.46. The van der Waals surface area contributed by atoms with Crippen LogP contribution in [0.5, 0.6) is 11.5 Å². The van der Waals surface area contributed by atoms with Gasteiger partial charge in [0, 0.05) is 17.0 Å². The van der Waals surface area contributed by atoms with Gasteiger partial charge in [-0.1, -0.05) is 30.0 Å². The number of benzene rings is 2. The summed E-state index contributed by atoms with van der Waals surface area (Å²) < 4.78 is 13.7. The molecule has 0 N–H and O–H groups in total. The highest BCUT2D eigenvalue weighted by Gasteiger charge is 2.13. The van der Waals surface area contributed by atoms with E-state index in [0.29, 0.717) is 5.75 Å². The molecule has 0 bridgehead atoms. The number of para-hydroxylation sites is 1. The van der Waals surface area contributed by atoms with Crippen molar-refractivity contribution in [3.05, 3.63) is 58.8 Å². The molecule has 0 spiro atoms. The van der Waals surface area contributed by atoms with Gasteiger partial charge in [-0.2, -0.15) is 0 Å². The van der Waals surface area contributed by atoms with Crippen LogP contribution in [0.4, 0.5) is 0 Å². The summed E-state index contributed by atoms with van der Waals surface area (Å²) in [4.78, 5) is 0. The van der Waals surface area contributed by atoms with E-state index in [1.165, 1.54) is 0 Å². The molecule has 0 saturated heterocycles. The SMILES string of the molecule is COc1cc(CSc2nncn2-c2ccccc2)c(OC)cc1Br. The van der Waals surface area contributed by atoms with Crippen molar-refractivity contribution in [2.75, 3.05) is 14.2 Å². The van der Waals surface area contributed by atoms with E-state index in [9.17, 15) is 0 Å². The van der Waals surface area contributed by atoms with Gasteiger partial charge in [0.15, 0.2) is 5.16 Å². The maximum Gasteiger partial charge on any atom is 0.195 e. The van der Waals surface area contributed by atoms with E-state index in [4.69, 9.17) is 9.47 Å². The number of rotatable bonds is 6. The first-order valence-electron chi connectivity index (χ1n) is 7.21. The number of nitrogens with zero attached hydrogens (tertiary/aromatic N) is 3. The van der Waals surface area contributed by atoms with Gasteiger partial charge >= 0.3 is 0 Å². The smallest absolute Gasteiger partial charge is 0.195 e. The average molecular weight is 406 g/mol. The first kappa shape index (κ1) is 16.9. The Morgan fingerprint density at radius 3 is 2.54 bits per heavy atom. The van der Waals surface area contributed by atoms with Crippen molar-refractivity contribution in [3.8, 4) is 17.2 Å². The molecule has 24 heavy (non-hydrogen) atoms. The van der Waals surface area contributed by atoms with Crippen molar-refractivity contribution in [2.45, 2.75) is 10.9 Å². The van der Waals surface area contributed by atoms with Crippen molar-refractivity contribution in [1.29, 1.82) is 0 Å². The zero-order valence-corrected chi connectivity index (χ0v) is 15.7. The summed E-state index contributed by atoms with van der Waals surface area (Å²) in [6.07, 6.45) is 1.72. The lowest BCUT2D eigenvalue weighted by Gasteiger charge is -2.12. The van der Waals surface area contributed by atoms with Crippen LogP contribution in [0.3, 0.4) is 0 Å². The minimum atomic E-state index is 0.693. The highest BCUT2D eigenvalue weighted by atomic mass is 79.9.